The van der Waals surface area contributed by atoms with Crippen molar-refractivity contribution in [3.05, 3.63) is 82.9 Å². The van der Waals surface area contributed by atoms with Crippen LogP contribution in [0.1, 0.15) is 80.9 Å². The molecule has 39 heavy (non-hydrogen) atoms. The minimum atomic E-state index is -0.924. The lowest BCUT2D eigenvalue weighted by Crippen LogP contribution is -2.17. The monoisotopic (exact) mass is 534 g/mol. The molecule has 0 bridgehead atoms. The molecule has 2 aliphatic rings. The fourth-order valence-electron chi connectivity index (χ4n) is 6.28. The molecule has 0 saturated heterocycles. The number of benzene rings is 3. The molecule has 2 atom stereocenters. The van der Waals surface area contributed by atoms with Crippen LogP contribution < -0.4 is 9.47 Å². The highest BCUT2D eigenvalue weighted by molar-refractivity contribution is 5.71. The van der Waals surface area contributed by atoms with E-state index in [2.05, 4.69) is 19.9 Å². The quantitative estimate of drug-likeness (QED) is 0.283. The van der Waals surface area contributed by atoms with Gasteiger partial charge in [0.25, 0.3) is 0 Å². The van der Waals surface area contributed by atoms with E-state index >= 15 is 8.78 Å². The van der Waals surface area contributed by atoms with E-state index in [1.54, 1.807) is 37.4 Å². The molecule has 0 heterocycles. The lowest BCUT2D eigenvalue weighted by atomic mass is 9.75. The molecular formula is C33H36F2O4. The van der Waals surface area contributed by atoms with Crippen LogP contribution >= 0.6 is 0 Å². The third kappa shape index (κ3) is 5.80. The first kappa shape index (κ1) is 27.2. The number of rotatable bonds is 10. The number of hydrogen-bond donors (Lipinski definition) is 1. The standard InChI is InChI=1S/C33H36F2O4/c1-33(2)15-5-7-28(33)26-16-20(9-13-23(26)27-17-22(38-3)12-14-29(27)34)19-39-30-8-4-6-24(32(30)35)25(18-31(36)37)21-10-11-21/h4,6,8-9,12-14,16-17,21,25,28H,5,7,10-11,15,18-19H2,1-3H3,(H,36,37)/t25?,28-/m0/s1. The lowest BCUT2D eigenvalue weighted by Gasteiger charge is -2.30. The second-order valence-corrected chi connectivity index (χ2v) is 11.7. The van der Waals surface area contributed by atoms with Crippen molar-refractivity contribution in [2.75, 3.05) is 7.11 Å². The zero-order valence-corrected chi connectivity index (χ0v) is 22.8. The van der Waals surface area contributed by atoms with E-state index in [1.165, 1.54) is 6.07 Å². The number of carboxylic acids is 1. The van der Waals surface area contributed by atoms with Crippen LogP contribution in [0.3, 0.4) is 0 Å². The summed E-state index contributed by atoms with van der Waals surface area (Å²) in [6, 6.07) is 15.7. The summed E-state index contributed by atoms with van der Waals surface area (Å²) in [5.74, 6) is -0.898. The van der Waals surface area contributed by atoms with Gasteiger partial charge in [-0.2, -0.15) is 0 Å². The first-order valence-electron chi connectivity index (χ1n) is 13.8. The van der Waals surface area contributed by atoms with Crippen LogP contribution in [0.15, 0.2) is 54.6 Å². The maximum absolute atomic E-state index is 15.5. The number of hydrogen-bond acceptors (Lipinski definition) is 3. The molecule has 0 aromatic heterocycles. The number of halogens is 2. The second kappa shape index (κ2) is 11.0. The summed E-state index contributed by atoms with van der Waals surface area (Å²) in [6.07, 6.45) is 4.96. The number of carbonyl (C=O) groups is 1. The SMILES string of the molecule is COc1ccc(F)c(-c2ccc(COc3cccc(C(CC(=O)O)C4CC4)c3F)cc2[C@@H]2CCCC2(C)C)c1. The van der Waals surface area contributed by atoms with Crippen LogP contribution in [0.4, 0.5) is 8.78 Å². The van der Waals surface area contributed by atoms with Gasteiger partial charge in [-0.25, -0.2) is 8.78 Å². The van der Waals surface area contributed by atoms with Crippen LogP contribution in [0.5, 0.6) is 11.5 Å². The van der Waals surface area contributed by atoms with E-state index in [9.17, 15) is 9.90 Å². The Morgan fingerprint density at radius 2 is 1.85 bits per heavy atom. The Hall–Kier alpha value is -3.41. The van der Waals surface area contributed by atoms with Gasteiger partial charge in [0.1, 0.15) is 18.2 Å². The first-order chi connectivity index (χ1) is 18.7. The fourth-order valence-corrected chi connectivity index (χ4v) is 6.28. The first-order valence-corrected chi connectivity index (χ1v) is 13.8. The van der Waals surface area contributed by atoms with Crippen molar-refractivity contribution in [1.82, 2.24) is 0 Å². The van der Waals surface area contributed by atoms with Gasteiger partial charge in [-0.3, -0.25) is 4.79 Å². The van der Waals surface area contributed by atoms with E-state index < -0.39 is 11.8 Å². The van der Waals surface area contributed by atoms with Gasteiger partial charge in [0, 0.05) is 11.5 Å². The molecule has 0 radical (unpaired) electrons. The summed E-state index contributed by atoms with van der Waals surface area (Å²) in [5.41, 5.74) is 3.75. The third-order valence-corrected chi connectivity index (χ3v) is 8.58. The van der Waals surface area contributed by atoms with Crippen LogP contribution in [0.2, 0.25) is 0 Å². The number of aliphatic carboxylic acids is 1. The molecule has 4 nitrogen and oxygen atoms in total. The molecule has 2 aliphatic carbocycles. The molecular weight excluding hydrogens is 498 g/mol. The average molecular weight is 535 g/mol. The largest absolute Gasteiger partial charge is 0.497 e. The molecule has 2 saturated carbocycles. The van der Waals surface area contributed by atoms with Gasteiger partial charge < -0.3 is 14.6 Å². The number of carboxylic acid groups (broad SMARTS) is 1. The van der Waals surface area contributed by atoms with E-state index in [0.717, 1.165) is 48.8 Å². The zero-order chi connectivity index (χ0) is 27.7. The van der Waals surface area contributed by atoms with Crippen molar-refractivity contribution in [3.63, 3.8) is 0 Å². The Morgan fingerprint density at radius 1 is 1.05 bits per heavy atom. The van der Waals surface area contributed by atoms with E-state index in [0.29, 0.717) is 16.9 Å². The Morgan fingerprint density at radius 3 is 2.51 bits per heavy atom. The van der Waals surface area contributed by atoms with E-state index in [-0.39, 0.29) is 47.8 Å². The Balaban J connectivity index is 1.46. The molecule has 206 valence electrons. The predicted octanol–water partition coefficient (Wildman–Crippen LogP) is 8.48. The van der Waals surface area contributed by atoms with Gasteiger partial charge in [0.05, 0.1) is 13.5 Å². The smallest absolute Gasteiger partial charge is 0.303 e. The molecule has 1 unspecified atom stereocenters. The average Bonchev–Trinajstić information content (AvgIpc) is 3.69. The van der Waals surface area contributed by atoms with Crippen molar-refractivity contribution >= 4 is 5.97 Å². The highest BCUT2D eigenvalue weighted by Gasteiger charge is 2.38. The lowest BCUT2D eigenvalue weighted by molar-refractivity contribution is -0.137. The van der Waals surface area contributed by atoms with Gasteiger partial charge in [0.2, 0.25) is 0 Å². The summed E-state index contributed by atoms with van der Waals surface area (Å²) < 4.78 is 41.9. The second-order valence-electron chi connectivity index (χ2n) is 11.7. The zero-order valence-electron chi connectivity index (χ0n) is 22.8. The van der Waals surface area contributed by atoms with Crippen LogP contribution in [-0.2, 0) is 11.4 Å². The summed E-state index contributed by atoms with van der Waals surface area (Å²) in [4.78, 5) is 11.4. The molecule has 0 amide bonds. The molecule has 2 fully saturated rings. The fraction of sp³-hybridized carbons (Fsp3) is 0.424. The molecule has 0 spiro atoms. The Bertz CT molecular complexity index is 1360. The van der Waals surface area contributed by atoms with E-state index in [1.807, 2.05) is 12.1 Å². The highest BCUT2D eigenvalue weighted by atomic mass is 19.1. The minimum Gasteiger partial charge on any atom is -0.497 e. The van der Waals surface area contributed by atoms with Crippen molar-refractivity contribution in [2.45, 2.75) is 70.8 Å². The van der Waals surface area contributed by atoms with Gasteiger partial charge in [0.15, 0.2) is 11.6 Å². The molecule has 1 N–H and O–H groups in total. The van der Waals surface area contributed by atoms with Crippen molar-refractivity contribution in [1.29, 1.82) is 0 Å². The summed E-state index contributed by atoms with van der Waals surface area (Å²) in [6.45, 7) is 4.66. The van der Waals surface area contributed by atoms with Crippen molar-refractivity contribution in [3.8, 4) is 22.6 Å². The van der Waals surface area contributed by atoms with Gasteiger partial charge in [-0.1, -0.05) is 50.6 Å². The number of ether oxygens (including phenoxy) is 2. The van der Waals surface area contributed by atoms with Gasteiger partial charge >= 0.3 is 5.97 Å². The normalized spacial score (nSPS) is 19.1. The van der Waals surface area contributed by atoms with Crippen LogP contribution in [0, 0.1) is 23.0 Å². The van der Waals surface area contributed by atoms with Crippen molar-refractivity contribution in [2.24, 2.45) is 11.3 Å². The summed E-state index contributed by atoms with van der Waals surface area (Å²) >= 11 is 0. The molecule has 3 aromatic carbocycles. The van der Waals surface area contributed by atoms with Crippen molar-refractivity contribution < 1.29 is 28.2 Å². The number of methoxy groups -OCH3 is 1. The van der Waals surface area contributed by atoms with Crippen LogP contribution in [-0.4, -0.2) is 18.2 Å². The van der Waals surface area contributed by atoms with Gasteiger partial charge in [-0.15, -0.1) is 0 Å². The van der Waals surface area contributed by atoms with Crippen LogP contribution in [0.25, 0.3) is 11.1 Å². The maximum atomic E-state index is 15.5. The summed E-state index contributed by atoms with van der Waals surface area (Å²) in [5, 5.41) is 9.35. The highest BCUT2D eigenvalue weighted by Crippen LogP contribution is 2.51. The minimum absolute atomic E-state index is 0.0615. The maximum Gasteiger partial charge on any atom is 0.303 e. The topological polar surface area (TPSA) is 55.8 Å². The molecule has 5 rings (SSSR count). The Kier molecular flexibility index (Phi) is 7.66. The third-order valence-electron chi connectivity index (χ3n) is 8.58. The van der Waals surface area contributed by atoms with Gasteiger partial charge in [-0.05, 0) is 89.5 Å². The van der Waals surface area contributed by atoms with E-state index in [4.69, 9.17) is 9.47 Å². The molecule has 0 aliphatic heterocycles. The molecule has 6 heteroatoms. The summed E-state index contributed by atoms with van der Waals surface area (Å²) in [7, 11) is 1.57. The molecule has 3 aromatic rings. The predicted molar refractivity (Wildman–Crippen MR) is 147 cm³/mol. The Labute approximate surface area is 229 Å².